The van der Waals surface area contributed by atoms with E-state index in [-0.39, 0.29) is 29.8 Å². The van der Waals surface area contributed by atoms with E-state index in [0.29, 0.717) is 12.5 Å². The lowest BCUT2D eigenvalue weighted by atomic mass is 9.85. The molecule has 5 heteroatoms. The average molecular weight is 331 g/mol. The Labute approximate surface area is 138 Å². The van der Waals surface area contributed by atoms with Crippen molar-refractivity contribution in [2.45, 2.75) is 57.9 Å². The first-order valence-corrected chi connectivity index (χ1v) is 8.41. The number of carbonyl (C=O) groups is 1. The van der Waals surface area contributed by atoms with Crippen LogP contribution in [0.25, 0.3) is 0 Å². The number of rotatable bonds is 5. The van der Waals surface area contributed by atoms with Gasteiger partial charge in [0.05, 0.1) is 5.92 Å². The molecule has 1 aromatic heterocycles. The van der Waals surface area contributed by atoms with E-state index in [9.17, 15) is 4.79 Å². The smallest absolute Gasteiger partial charge is 0.228 e. The Kier molecular flexibility index (Phi) is 6.70. The Morgan fingerprint density at radius 3 is 2.90 bits per heavy atom. The SMILES string of the molecule is CC(C)CC(C)(CN)NC(=O)C1CCCc2sccc21.Cl. The largest absolute Gasteiger partial charge is 0.349 e. The first kappa shape index (κ1) is 18.5. The maximum absolute atomic E-state index is 12.7. The molecule has 0 saturated carbocycles. The second kappa shape index (κ2) is 7.61. The monoisotopic (exact) mass is 330 g/mol. The summed E-state index contributed by atoms with van der Waals surface area (Å²) >= 11 is 1.78. The van der Waals surface area contributed by atoms with Gasteiger partial charge in [0, 0.05) is 17.0 Å². The molecular formula is C16H27ClN2OS. The summed E-state index contributed by atoms with van der Waals surface area (Å²) in [6.45, 7) is 6.87. The van der Waals surface area contributed by atoms with E-state index in [1.807, 2.05) is 0 Å². The Hall–Kier alpha value is -0.580. The van der Waals surface area contributed by atoms with Crippen LogP contribution in [0, 0.1) is 5.92 Å². The lowest BCUT2D eigenvalue weighted by Gasteiger charge is -2.33. The molecule has 3 nitrogen and oxygen atoms in total. The van der Waals surface area contributed by atoms with E-state index in [0.717, 1.165) is 25.7 Å². The zero-order chi connectivity index (χ0) is 14.8. The van der Waals surface area contributed by atoms with Gasteiger partial charge >= 0.3 is 0 Å². The van der Waals surface area contributed by atoms with Crippen LogP contribution < -0.4 is 11.1 Å². The van der Waals surface area contributed by atoms with Crippen LogP contribution in [0.2, 0.25) is 0 Å². The maximum atomic E-state index is 12.7. The molecule has 2 rings (SSSR count). The predicted octanol–water partition coefficient (Wildman–Crippen LogP) is 3.47. The van der Waals surface area contributed by atoms with E-state index in [1.165, 1.54) is 10.4 Å². The van der Waals surface area contributed by atoms with Gasteiger partial charge in [-0.3, -0.25) is 4.79 Å². The average Bonchev–Trinajstić information content (AvgIpc) is 2.85. The lowest BCUT2D eigenvalue weighted by Crippen LogP contribution is -2.53. The summed E-state index contributed by atoms with van der Waals surface area (Å²) in [5.74, 6) is 0.688. The number of hydrogen-bond donors (Lipinski definition) is 2. The summed E-state index contributed by atoms with van der Waals surface area (Å²) in [7, 11) is 0. The van der Waals surface area contributed by atoms with Gasteiger partial charge in [0.1, 0.15) is 0 Å². The Balaban J connectivity index is 0.00000220. The van der Waals surface area contributed by atoms with Gasteiger partial charge in [0.25, 0.3) is 0 Å². The molecule has 0 bridgehead atoms. The minimum atomic E-state index is -0.293. The van der Waals surface area contributed by atoms with Crippen LogP contribution in [0.5, 0.6) is 0 Å². The molecule has 1 heterocycles. The van der Waals surface area contributed by atoms with Crippen LogP contribution in [0.3, 0.4) is 0 Å². The highest BCUT2D eigenvalue weighted by atomic mass is 35.5. The van der Waals surface area contributed by atoms with E-state index in [1.54, 1.807) is 11.3 Å². The highest BCUT2D eigenvalue weighted by molar-refractivity contribution is 7.10. The zero-order valence-electron chi connectivity index (χ0n) is 13.1. The fraction of sp³-hybridized carbons (Fsp3) is 0.688. The van der Waals surface area contributed by atoms with Crippen LogP contribution in [-0.2, 0) is 11.2 Å². The minimum absolute atomic E-state index is 0. The molecule has 2 unspecified atom stereocenters. The highest BCUT2D eigenvalue weighted by Gasteiger charge is 2.32. The number of hydrogen-bond acceptors (Lipinski definition) is 3. The van der Waals surface area contributed by atoms with Gasteiger partial charge in [-0.15, -0.1) is 23.7 Å². The van der Waals surface area contributed by atoms with Gasteiger partial charge in [-0.25, -0.2) is 0 Å². The van der Waals surface area contributed by atoms with Crippen LogP contribution in [0.4, 0.5) is 0 Å². The first-order chi connectivity index (χ1) is 9.45. The van der Waals surface area contributed by atoms with Crippen molar-refractivity contribution in [3.63, 3.8) is 0 Å². The van der Waals surface area contributed by atoms with Crippen molar-refractivity contribution in [2.24, 2.45) is 11.7 Å². The van der Waals surface area contributed by atoms with Crippen molar-refractivity contribution >= 4 is 29.7 Å². The third-order valence-electron chi connectivity index (χ3n) is 4.10. The molecule has 3 N–H and O–H groups in total. The first-order valence-electron chi connectivity index (χ1n) is 7.53. The van der Waals surface area contributed by atoms with E-state index in [4.69, 9.17) is 5.73 Å². The quantitative estimate of drug-likeness (QED) is 0.868. The number of fused-ring (bicyclic) bond motifs is 1. The Morgan fingerprint density at radius 2 is 2.29 bits per heavy atom. The van der Waals surface area contributed by atoms with Gasteiger partial charge in [-0.05, 0) is 55.5 Å². The third kappa shape index (κ3) is 4.44. The molecule has 1 aliphatic rings. The maximum Gasteiger partial charge on any atom is 0.228 e. The molecule has 0 saturated heterocycles. The van der Waals surface area contributed by atoms with Gasteiger partial charge in [-0.1, -0.05) is 13.8 Å². The molecule has 0 radical (unpaired) electrons. The van der Waals surface area contributed by atoms with E-state index in [2.05, 4.69) is 37.5 Å². The van der Waals surface area contributed by atoms with Gasteiger partial charge in [0.15, 0.2) is 0 Å². The molecule has 2 atom stereocenters. The molecule has 1 aromatic rings. The standard InChI is InChI=1S/C16H26N2OS.ClH/c1-11(2)9-16(3,10-17)18-15(19)13-5-4-6-14-12(13)7-8-20-14;/h7-8,11,13H,4-6,9-10,17H2,1-3H3,(H,18,19);1H. The van der Waals surface area contributed by atoms with E-state index < -0.39 is 0 Å². The zero-order valence-corrected chi connectivity index (χ0v) is 14.8. The third-order valence-corrected chi connectivity index (χ3v) is 5.10. The van der Waals surface area contributed by atoms with Crippen LogP contribution in [0.1, 0.15) is 56.4 Å². The van der Waals surface area contributed by atoms with Crippen molar-refractivity contribution in [1.82, 2.24) is 5.32 Å². The Bertz CT molecular complexity index is 475. The highest BCUT2D eigenvalue weighted by Crippen LogP contribution is 2.35. The second-order valence-corrected chi connectivity index (χ2v) is 7.60. The van der Waals surface area contributed by atoms with Crippen molar-refractivity contribution in [3.8, 4) is 0 Å². The fourth-order valence-electron chi connectivity index (χ4n) is 3.23. The lowest BCUT2D eigenvalue weighted by molar-refractivity contribution is -0.124. The number of amides is 1. The normalized spacial score (nSPS) is 20.3. The summed E-state index contributed by atoms with van der Waals surface area (Å²) in [5.41, 5.74) is 6.84. The van der Waals surface area contributed by atoms with E-state index >= 15 is 0 Å². The number of carbonyl (C=O) groups excluding carboxylic acids is 1. The number of aryl methyl sites for hydroxylation is 1. The van der Waals surface area contributed by atoms with Crippen molar-refractivity contribution in [3.05, 3.63) is 21.9 Å². The number of nitrogens with two attached hydrogens (primary N) is 1. The molecule has 1 aliphatic carbocycles. The summed E-state index contributed by atoms with van der Waals surface area (Å²) < 4.78 is 0. The van der Waals surface area contributed by atoms with Crippen LogP contribution in [0.15, 0.2) is 11.4 Å². The molecule has 0 aromatic carbocycles. The number of thiophene rings is 1. The van der Waals surface area contributed by atoms with Crippen LogP contribution in [-0.4, -0.2) is 18.0 Å². The fourth-order valence-corrected chi connectivity index (χ4v) is 4.22. The summed E-state index contributed by atoms with van der Waals surface area (Å²) in [5, 5.41) is 5.32. The predicted molar refractivity (Wildman–Crippen MR) is 92.3 cm³/mol. The molecule has 0 aliphatic heterocycles. The van der Waals surface area contributed by atoms with Gasteiger partial charge in [-0.2, -0.15) is 0 Å². The molecule has 1 amide bonds. The number of nitrogens with one attached hydrogen (secondary N) is 1. The van der Waals surface area contributed by atoms with Gasteiger partial charge in [0.2, 0.25) is 5.91 Å². The molecule has 0 spiro atoms. The molecular weight excluding hydrogens is 304 g/mol. The second-order valence-electron chi connectivity index (χ2n) is 6.60. The van der Waals surface area contributed by atoms with Crippen LogP contribution >= 0.6 is 23.7 Å². The molecule has 21 heavy (non-hydrogen) atoms. The molecule has 120 valence electrons. The summed E-state index contributed by atoms with van der Waals surface area (Å²) in [6.07, 6.45) is 4.10. The Morgan fingerprint density at radius 1 is 1.57 bits per heavy atom. The minimum Gasteiger partial charge on any atom is -0.349 e. The topological polar surface area (TPSA) is 55.1 Å². The summed E-state index contributed by atoms with van der Waals surface area (Å²) in [4.78, 5) is 14.0. The summed E-state index contributed by atoms with van der Waals surface area (Å²) in [6, 6.07) is 2.12. The van der Waals surface area contributed by atoms with Crippen molar-refractivity contribution < 1.29 is 4.79 Å². The number of halogens is 1. The van der Waals surface area contributed by atoms with Crippen molar-refractivity contribution in [1.29, 1.82) is 0 Å². The van der Waals surface area contributed by atoms with Gasteiger partial charge < -0.3 is 11.1 Å². The molecule has 0 fully saturated rings. The van der Waals surface area contributed by atoms with Crippen molar-refractivity contribution in [2.75, 3.05) is 6.54 Å².